The average molecular weight is 359 g/mol. The summed E-state index contributed by atoms with van der Waals surface area (Å²) in [6.45, 7) is 7.53. The van der Waals surface area contributed by atoms with Gasteiger partial charge < -0.3 is 15.5 Å². The largest absolute Gasteiger partial charge is 0.349 e. The Morgan fingerprint density at radius 2 is 2.12 bits per heavy atom. The highest BCUT2D eigenvalue weighted by Crippen LogP contribution is 2.29. The molecule has 2 aliphatic rings. The minimum Gasteiger partial charge on any atom is -0.349 e. The van der Waals surface area contributed by atoms with Gasteiger partial charge in [0.2, 0.25) is 17.8 Å². The van der Waals surface area contributed by atoms with Crippen molar-refractivity contribution in [1.29, 1.82) is 0 Å². The topological polar surface area (TPSA) is 87.2 Å². The smallest absolute Gasteiger partial charge is 0.245 e. The van der Waals surface area contributed by atoms with Gasteiger partial charge in [0, 0.05) is 36.9 Å². The van der Waals surface area contributed by atoms with E-state index in [0.29, 0.717) is 25.5 Å². The highest BCUT2D eigenvalue weighted by atomic mass is 16.2. The standard InChI is InChI=1S/C19H29N5O2/c1-4-19(23-18-20-12-13(2)14(3)21-18)8-10-24(11-9-19)17(26)15-6-5-7-16(25)22-15/h12,15H,4-11H2,1-3H3,(H,22,25)(H,20,21,23)/t15-/m1/s1. The molecule has 1 atom stereocenters. The number of carbonyl (C=O) groups is 2. The number of rotatable bonds is 4. The minimum atomic E-state index is -0.346. The third-order valence-corrected chi connectivity index (χ3v) is 5.84. The molecule has 0 spiro atoms. The van der Waals surface area contributed by atoms with Crippen LogP contribution in [0.1, 0.15) is 56.7 Å². The van der Waals surface area contributed by atoms with Crippen molar-refractivity contribution in [3.8, 4) is 0 Å². The normalized spacial score (nSPS) is 22.7. The molecule has 26 heavy (non-hydrogen) atoms. The molecule has 3 heterocycles. The van der Waals surface area contributed by atoms with E-state index in [1.165, 1.54) is 0 Å². The number of carbonyl (C=O) groups excluding carboxylic acids is 2. The van der Waals surface area contributed by atoms with Crippen LogP contribution in [-0.2, 0) is 9.59 Å². The Labute approximate surface area is 155 Å². The van der Waals surface area contributed by atoms with E-state index in [-0.39, 0.29) is 23.4 Å². The summed E-state index contributed by atoms with van der Waals surface area (Å²) in [5.74, 6) is 0.711. The number of likely N-dealkylation sites (tertiary alicyclic amines) is 1. The summed E-state index contributed by atoms with van der Waals surface area (Å²) in [5.41, 5.74) is 1.97. The molecule has 7 nitrogen and oxygen atoms in total. The van der Waals surface area contributed by atoms with Crippen molar-refractivity contribution in [1.82, 2.24) is 20.2 Å². The molecule has 1 aromatic rings. The Balaban J connectivity index is 1.62. The first-order valence-electron chi connectivity index (χ1n) is 9.59. The van der Waals surface area contributed by atoms with Gasteiger partial charge in [-0.2, -0.15) is 0 Å². The van der Waals surface area contributed by atoms with Crippen LogP contribution in [0.5, 0.6) is 0 Å². The Bertz CT molecular complexity index is 683. The zero-order chi connectivity index (χ0) is 18.7. The molecule has 3 rings (SSSR count). The van der Waals surface area contributed by atoms with Crippen LogP contribution in [0.3, 0.4) is 0 Å². The van der Waals surface area contributed by atoms with E-state index in [2.05, 4.69) is 27.5 Å². The fourth-order valence-electron chi connectivity index (χ4n) is 3.76. The Morgan fingerprint density at radius 3 is 2.73 bits per heavy atom. The van der Waals surface area contributed by atoms with Crippen LogP contribution in [0.2, 0.25) is 0 Å². The second-order valence-electron chi connectivity index (χ2n) is 7.56. The molecular weight excluding hydrogens is 330 g/mol. The fourth-order valence-corrected chi connectivity index (χ4v) is 3.76. The van der Waals surface area contributed by atoms with Gasteiger partial charge in [0.15, 0.2) is 0 Å². The van der Waals surface area contributed by atoms with Crippen molar-refractivity contribution in [3.63, 3.8) is 0 Å². The van der Waals surface area contributed by atoms with Gasteiger partial charge in [0.05, 0.1) is 0 Å². The monoisotopic (exact) mass is 359 g/mol. The lowest BCUT2D eigenvalue weighted by Gasteiger charge is -2.43. The summed E-state index contributed by atoms with van der Waals surface area (Å²) in [5, 5.41) is 6.36. The second-order valence-corrected chi connectivity index (χ2v) is 7.56. The van der Waals surface area contributed by atoms with E-state index in [1.807, 2.05) is 24.9 Å². The van der Waals surface area contributed by atoms with E-state index in [9.17, 15) is 9.59 Å². The summed E-state index contributed by atoms with van der Waals surface area (Å²) in [6, 6.07) is -0.346. The van der Waals surface area contributed by atoms with Gasteiger partial charge in [-0.1, -0.05) is 6.92 Å². The van der Waals surface area contributed by atoms with Crippen molar-refractivity contribution in [2.45, 2.75) is 70.9 Å². The number of hydrogen-bond donors (Lipinski definition) is 2. The molecule has 2 saturated heterocycles. The van der Waals surface area contributed by atoms with Crippen LogP contribution >= 0.6 is 0 Å². The fraction of sp³-hybridized carbons (Fsp3) is 0.684. The van der Waals surface area contributed by atoms with Gasteiger partial charge in [-0.25, -0.2) is 9.97 Å². The quantitative estimate of drug-likeness (QED) is 0.858. The van der Waals surface area contributed by atoms with Crippen molar-refractivity contribution in [2.75, 3.05) is 18.4 Å². The number of nitrogens with zero attached hydrogens (tertiary/aromatic N) is 3. The maximum atomic E-state index is 12.7. The molecule has 2 fully saturated rings. The highest BCUT2D eigenvalue weighted by molar-refractivity contribution is 5.88. The zero-order valence-electron chi connectivity index (χ0n) is 16.0. The van der Waals surface area contributed by atoms with Gasteiger partial charge >= 0.3 is 0 Å². The third-order valence-electron chi connectivity index (χ3n) is 5.84. The zero-order valence-corrected chi connectivity index (χ0v) is 16.0. The molecule has 0 bridgehead atoms. The van der Waals surface area contributed by atoms with E-state index in [4.69, 9.17) is 0 Å². The van der Waals surface area contributed by atoms with Gasteiger partial charge in [0.1, 0.15) is 6.04 Å². The number of nitrogens with one attached hydrogen (secondary N) is 2. The van der Waals surface area contributed by atoms with Gasteiger partial charge in [-0.3, -0.25) is 9.59 Å². The third kappa shape index (κ3) is 3.97. The molecule has 142 valence electrons. The molecule has 2 amide bonds. The number of hydrogen-bond acceptors (Lipinski definition) is 5. The summed E-state index contributed by atoms with van der Waals surface area (Å²) in [6.07, 6.45) is 6.57. The molecule has 1 aromatic heterocycles. The first-order chi connectivity index (χ1) is 12.4. The molecule has 0 aromatic carbocycles. The Hall–Kier alpha value is -2.18. The first-order valence-corrected chi connectivity index (χ1v) is 9.59. The van der Waals surface area contributed by atoms with E-state index >= 15 is 0 Å². The minimum absolute atomic E-state index is 0.0110. The molecular formula is C19H29N5O2. The lowest BCUT2D eigenvalue weighted by molar-refractivity contribution is -0.139. The molecule has 2 N–H and O–H groups in total. The Kier molecular flexibility index (Phi) is 5.44. The van der Waals surface area contributed by atoms with Crippen LogP contribution in [-0.4, -0.2) is 51.4 Å². The van der Waals surface area contributed by atoms with Gasteiger partial charge in [-0.15, -0.1) is 0 Å². The SMILES string of the molecule is CCC1(Nc2ncc(C)c(C)n2)CCN(C(=O)[C@H]2CCCC(=O)N2)CC1. The van der Waals surface area contributed by atoms with E-state index in [0.717, 1.165) is 43.4 Å². The summed E-state index contributed by atoms with van der Waals surface area (Å²) in [7, 11) is 0. The number of aryl methyl sites for hydroxylation is 2. The maximum absolute atomic E-state index is 12.7. The van der Waals surface area contributed by atoms with Crippen LogP contribution in [0.4, 0.5) is 5.95 Å². The number of amides is 2. The van der Waals surface area contributed by atoms with Crippen LogP contribution in [0.15, 0.2) is 6.20 Å². The van der Waals surface area contributed by atoms with E-state index < -0.39 is 0 Å². The predicted molar refractivity (Wildman–Crippen MR) is 99.7 cm³/mol. The molecule has 0 aliphatic carbocycles. The number of anilines is 1. The van der Waals surface area contributed by atoms with E-state index in [1.54, 1.807) is 0 Å². The molecule has 0 radical (unpaired) electrons. The van der Waals surface area contributed by atoms with Crippen LogP contribution in [0, 0.1) is 13.8 Å². The summed E-state index contributed by atoms with van der Waals surface area (Å²) in [4.78, 5) is 35.1. The predicted octanol–water partition coefficient (Wildman–Crippen LogP) is 1.95. The molecule has 0 saturated carbocycles. The number of aromatic nitrogens is 2. The van der Waals surface area contributed by atoms with Gasteiger partial charge in [0.25, 0.3) is 0 Å². The molecule has 0 unspecified atom stereocenters. The van der Waals surface area contributed by atoms with Crippen molar-refractivity contribution < 1.29 is 9.59 Å². The first kappa shape index (κ1) is 18.6. The molecule has 7 heteroatoms. The summed E-state index contributed by atoms with van der Waals surface area (Å²) >= 11 is 0. The maximum Gasteiger partial charge on any atom is 0.245 e. The lowest BCUT2D eigenvalue weighted by Crippen LogP contribution is -2.56. The van der Waals surface area contributed by atoms with Crippen molar-refractivity contribution >= 4 is 17.8 Å². The van der Waals surface area contributed by atoms with Crippen LogP contribution < -0.4 is 10.6 Å². The molecule has 2 aliphatic heterocycles. The highest BCUT2D eigenvalue weighted by Gasteiger charge is 2.37. The Morgan fingerprint density at radius 1 is 1.38 bits per heavy atom. The summed E-state index contributed by atoms with van der Waals surface area (Å²) < 4.78 is 0. The second kappa shape index (κ2) is 7.60. The lowest BCUT2D eigenvalue weighted by atomic mass is 9.84. The van der Waals surface area contributed by atoms with Crippen molar-refractivity contribution in [2.24, 2.45) is 0 Å². The average Bonchev–Trinajstić information content (AvgIpc) is 2.65. The van der Waals surface area contributed by atoms with Crippen LogP contribution in [0.25, 0.3) is 0 Å². The van der Waals surface area contributed by atoms with Crippen molar-refractivity contribution in [3.05, 3.63) is 17.5 Å². The van der Waals surface area contributed by atoms with Gasteiger partial charge in [-0.05, 0) is 51.5 Å². The number of piperidine rings is 2.